The fraction of sp³-hybridized carbons (Fsp3) is 0.625. The summed E-state index contributed by atoms with van der Waals surface area (Å²) in [6, 6.07) is 5.10. The fourth-order valence-corrected chi connectivity index (χ4v) is 7.21. The van der Waals surface area contributed by atoms with Crippen LogP contribution in [0.3, 0.4) is 0 Å². The first kappa shape index (κ1) is 19.1. The van der Waals surface area contributed by atoms with Crippen molar-refractivity contribution in [3.05, 3.63) is 28.8 Å². The predicted molar refractivity (Wildman–Crippen MR) is 98.2 cm³/mol. The third-order valence-electron chi connectivity index (χ3n) is 4.86. The minimum absolute atomic E-state index is 0.00954. The number of piperidine rings is 1. The number of nitrogens with one attached hydrogen (secondary N) is 1. The Labute approximate surface area is 154 Å². The minimum Gasteiger partial charge on any atom is -0.310 e. The van der Waals surface area contributed by atoms with Crippen LogP contribution in [0.25, 0.3) is 0 Å². The summed E-state index contributed by atoms with van der Waals surface area (Å²) in [6.45, 7) is 2.68. The molecular formula is C16H23ClN2O4S2. The molecule has 9 heteroatoms. The SMILES string of the molecule is Cc1ccc(S(=O)(=O)N2CCC(N[C@H]3CCS(=O)(=O)C3)CC2)c(Cl)c1. The van der Waals surface area contributed by atoms with E-state index >= 15 is 0 Å². The molecule has 0 bridgehead atoms. The number of sulfone groups is 1. The molecule has 25 heavy (non-hydrogen) atoms. The van der Waals surface area contributed by atoms with E-state index in [0.717, 1.165) is 5.56 Å². The van der Waals surface area contributed by atoms with Crippen LogP contribution in [0, 0.1) is 6.92 Å². The van der Waals surface area contributed by atoms with Gasteiger partial charge in [0.25, 0.3) is 0 Å². The lowest BCUT2D eigenvalue weighted by Crippen LogP contribution is -2.48. The number of hydrogen-bond acceptors (Lipinski definition) is 5. The first-order valence-electron chi connectivity index (χ1n) is 8.40. The van der Waals surface area contributed by atoms with Crippen molar-refractivity contribution >= 4 is 31.5 Å². The molecule has 0 saturated carbocycles. The van der Waals surface area contributed by atoms with Gasteiger partial charge in [-0.25, -0.2) is 16.8 Å². The highest BCUT2D eigenvalue weighted by molar-refractivity contribution is 7.91. The second-order valence-electron chi connectivity index (χ2n) is 6.88. The van der Waals surface area contributed by atoms with Crippen molar-refractivity contribution in [2.24, 2.45) is 0 Å². The van der Waals surface area contributed by atoms with Crippen molar-refractivity contribution in [2.75, 3.05) is 24.6 Å². The number of hydrogen-bond donors (Lipinski definition) is 1. The molecule has 0 amide bonds. The quantitative estimate of drug-likeness (QED) is 0.820. The van der Waals surface area contributed by atoms with Gasteiger partial charge in [-0.2, -0.15) is 4.31 Å². The number of aryl methyl sites for hydroxylation is 1. The summed E-state index contributed by atoms with van der Waals surface area (Å²) in [5, 5.41) is 3.62. The second-order valence-corrected chi connectivity index (χ2v) is 11.4. The van der Waals surface area contributed by atoms with Crippen LogP contribution in [0.15, 0.2) is 23.1 Å². The van der Waals surface area contributed by atoms with Gasteiger partial charge >= 0.3 is 0 Å². The van der Waals surface area contributed by atoms with E-state index in [4.69, 9.17) is 11.6 Å². The second kappa shape index (κ2) is 7.15. The molecule has 6 nitrogen and oxygen atoms in total. The molecule has 0 aromatic heterocycles. The number of halogens is 1. The minimum atomic E-state index is -3.60. The van der Waals surface area contributed by atoms with Gasteiger partial charge in [-0.3, -0.25) is 0 Å². The molecule has 140 valence electrons. The Bertz CT molecular complexity index is 847. The van der Waals surface area contributed by atoms with Crippen LogP contribution in [0.2, 0.25) is 5.02 Å². The van der Waals surface area contributed by atoms with Crippen LogP contribution < -0.4 is 5.32 Å². The van der Waals surface area contributed by atoms with Crippen LogP contribution >= 0.6 is 11.6 Å². The molecule has 2 aliphatic heterocycles. The summed E-state index contributed by atoms with van der Waals surface area (Å²) in [4.78, 5) is 0.146. The van der Waals surface area contributed by atoms with Crippen molar-refractivity contribution in [3.63, 3.8) is 0 Å². The smallest absolute Gasteiger partial charge is 0.244 e. The van der Waals surface area contributed by atoms with E-state index < -0.39 is 19.9 Å². The Morgan fingerprint density at radius 1 is 1.16 bits per heavy atom. The van der Waals surface area contributed by atoms with Crippen LogP contribution in [0.4, 0.5) is 0 Å². The molecule has 0 radical (unpaired) electrons. The Hall–Kier alpha value is -0.670. The molecule has 2 saturated heterocycles. The third kappa shape index (κ3) is 4.36. The Kier molecular flexibility index (Phi) is 5.46. The fourth-order valence-electron chi connectivity index (χ4n) is 3.48. The topological polar surface area (TPSA) is 83.6 Å². The summed E-state index contributed by atoms with van der Waals surface area (Å²) in [7, 11) is -6.51. The standard InChI is InChI=1S/C16H23ClN2O4S2/c1-12-2-3-16(15(17)10-12)25(22,23)19-7-4-13(5-8-19)18-14-6-9-24(20,21)11-14/h2-3,10,13-14,18H,4-9,11H2,1H3/t14-/m0/s1. The Morgan fingerprint density at radius 2 is 1.84 bits per heavy atom. The molecule has 2 heterocycles. The van der Waals surface area contributed by atoms with Gasteiger partial charge in [0.15, 0.2) is 9.84 Å². The van der Waals surface area contributed by atoms with Crippen molar-refractivity contribution in [1.82, 2.24) is 9.62 Å². The zero-order chi connectivity index (χ0) is 18.2. The molecular weight excluding hydrogens is 384 g/mol. The highest BCUT2D eigenvalue weighted by atomic mass is 35.5. The van der Waals surface area contributed by atoms with Gasteiger partial charge in [0.2, 0.25) is 10.0 Å². The van der Waals surface area contributed by atoms with Crippen LogP contribution in [-0.4, -0.2) is 57.8 Å². The molecule has 0 aliphatic carbocycles. The van der Waals surface area contributed by atoms with Gasteiger partial charge in [-0.15, -0.1) is 0 Å². The molecule has 2 fully saturated rings. The van der Waals surface area contributed by atoms with E-state index in [1.165, 1.54) is 4.31 Å². The highest BCUT2D eigenvalue weighted by Crippen LogP contribution is 2.28. The molecule has 3 rings (SSSR count). The summed E-state index contributed by atoms with van der Waals surface area (Å²) in [5.74, 6) is 0.425. The van der Waals surface area contributed by atoms with Gasteiger partial charge in [0.05, 0.1) is 16.5 Å². The Morgan fingerprint density at radius 3 is 2.40 bits per heavy atom. The number of nitrogens with zero attached hydrogens (tertiary/aromatic N) is 1. The van der Waals surface area contributed by atoms with E-state index in [0.29, 0.717) is 32.4 Å². The van der Waals surface area contributed by atoms with Gasteiger partial charge < -0.3 is 5.32 Å². The largest absolute Gasteiger partial charge is 0.310 e. The normalized spacial score (nSPS) is 25.3. The molecule has 1 N–H and O–H groups in total. The monoisotopic (exact) mass is 406 g/mol. The van der Waals surface area contributed by atoms with Crippen molar-refractivity contribution < 1.29 is 16.8 Å². The van der Waals surface area contributed by atoms with Crippen molar-refractivity contribution in [1.29, 1.82) is 0 Å². The maximum atomic E-state index is 12.8. The molecule has 0 unspecified atom stereocenters. The van der Waals surface area contributed by atoms with E-state index in [-0.39, 0.29) is 33.5 Å². The van der Waals surface area contributed by atoms with Gasteiger partial charge in [0.1, 0.15) is 4.90 Å². The highest BCUT2D eigenvalue weighted by Gasteiger charge is 2.33. The number of benzene rings is 1. The molecule has 0 spiro atoms. The Balaban J connectivity index is 1.62. The third-order valence-corrected chi connectivity index (χ3v) is 9.01. The number of rotatable bonds is 4. The average molecular weight is 407 g/mol. The summed E-state index contributed by atoms with van der Waals surface area (Å²) < 4.78 is 50.1. The zero-order valence-electron chi connectivity index (χ0n) is 14.1. The first-order valence-corrected chi connectivity index (χ1v) is 12.0. The lowest BCUT2D eigenvalue weighted by molar-refractivity contribution is 0.277. The molecule has 1 aromatic carbocycles. The van der Waals surface area contributed by atoms with Gasteiger partial charge in [-0.05, 0) is 43.9 Å². The van der Waals surface area contributed by atoms with E-state index in [9.17, 15) is 16.8 Å². The van der Waals surface area contributed by atoms with Gasteiger partial charge in [0, 0.05) is 25.2 Å². The lowest BCUT2D eigenvalue weighted by atomic mass is 10.1. The number of sulfonamides is 1. The van der Waals surface area contributed by atoms with Crippen molar-refractivity contribution in [2.45, 2.75) is 43.2 Å². The van der Waals surface area contributed by atoms with E-state index in [2.05, 4.69) is 5.32 Å². The average Bonchev–Trinajstić information content (AvgIpc) is 2.86. The first-order chi connectivity index (χ1) is 11.7. The summed E-state index contributed by atoms with van der Waals surface area (Å²) in [6.07, 6.45) is 1.97. The van der Waals surface area contributed by atoms with Crippen LogP contribution in [0.1, 0.15) is 24.8 Å². The van der Waals surface area contributed by atoms with E-state index in [1.54, 1.807) is 18.2 Å². The lowest BCUT2D eigenvalue weighted by Gasteiger charge is -2.33. The maximum absolute atomic E-state index is 12.8. The summed E-state index contributed by atoms with van der Waals surface area (Å²) >= 11 is 6.13. The molecule has 1 atom stereocenters. The van der Waals surface area contributed by atoms with E-state index in [1.807, 2.05) is 6.92 Å². The van der Waals surface area contributed by atoms with Crippen LogP contribution in [0.5, 0.6) is 0 Å². The molecule has 1 aromatic rings. The van der Waals surface area contributed by atoms with Crippen LogP contribution in [-0.2, 0) is 19.9 Å². The van der Waals surface area contributed by atoms with Gasteiger partial charge in [-0.1, -0.05) is 17.7 Å². The molecule has 2 aliphatic rings. The maximum Gasteiger partial charge on any atom is 0.244 e. The summed E-state index contributed by atoms with van der Waals surface area (Å²) in [5.41, 5.74) is 0.915. The zero-order valence-corrected chi connectivity index (χ0v) is 16.5. The predicted octanol–water partition coefficient (Wildman–Crippen LogP) is 1.58. The van der Waals surface area contributed by atoms with Crippen molar-refractivity contribution in [3.8, 4) is 0 Å².